The van der Waals surface area contributed by atoms with E-state index in [4.69, 9.17) is 10.2 Å². The molecule has 0 aromatic carbocycles. The Bertz CT molecular complexity index is 636. The second-order valence-corrected chi connectivity index (χ2v) is 10.7. The smallest absolute Gasteiger partial charge is 0.747 e. The maximum absolute atomic E-state index is 11.8. The van der Waals surface area contributed by atoms with Gasteiger partial charge in [-0.2, -0.15) is 8.42 Å². The van der Waals surface area contributed by atoms with E-state index < -0.39 is 44.0 Å². The van der Waals surface area contributed by atoms with Crippen LogP contribution in [0.3, 0.4) is 0 Å². The molecule has 30 heavy (non-hydrogen) atoms. The zero-order valence-corrected chi connectivity index (χ0v) is 22.4. The summed E-state index contributed by atoms with van der Waals surface area (Å²) in [5.41, 5.74) is 0. The van der Waals surface area contributed by atoms with Crippen LogP contribution >= 0.6 is 0 Å². The minimum absolute atomic E-state index is 0. The standard InChI is InChI=1S/C15H30O5S.C3H8O4S.Na/c1-3-4-5-6-7-8-9-10-11-12-14(17)15(2,13-16)21(18,19)20;1-7-8(5,6)3-2-4;/h16H,3-13H2,1-2H3,(H,18,19,20);4H,2-3H2,1H3;/q;;+1/p-1. The summed E-state index contributed by atoms with van der Waals surface area (Å²) in [6.07, 6.45) is 9.79. The Morgan fingerprint density at radius 2 is 1.37 bits per heavy atom. The first-order valence-electron chi connectivity index (χ1n) is 9.90. The van der Waals surface area contributed by atoms with Crippen LogP contribution in [0.5, 0.6) is 0 Å². The van der Waals surface area contributed by atoms with Crippen molar-refractivity contribution >= 4 is 26.0 Å². The van der Waals surface area contributed by atoms with Crippen LogP contribution in [0.15, 0.2) is 0 Å². The average Bonchev–Trinajstić information content (AvgIpc) is 2.65. The molecular formula is C18H37NaO9S2. The van der Waals surface area contributed by atoms with Crippen molar-refractivity contribution in [1.82, 2.24) is 0 Å². The molecular weight excluding hydrogens is 447 g/mol. The zero-order chi connectivity index (χ0) is 23.0. The molecule has 0 spiro atoms. The van der Waals surface area contributed by atoms with Gasteiger partial charge in [-0.15, -0.1) is 0 Å². The SMILES string of the molecule is CCCCCCCCCCCC(=O)C(C)(CO)S(=O)(=O)[O-].COS(=O)(=O)CCO.[Na+]. The fourth-order valence-corrected chi connectivity index (χ4v) is 3.29. The third-order valence-corrected chi connectivity index (χ3v) is 7.20. The van der Waals surface area contributed by atoms with Gasteiger partial charge in [0.1, 0.15) is 14.9 Å². The number of ketones is 1. The van der Waals surface area contributed by atoms with Crippen LogP contribution in [-0.2, 0) is 29.2 Å². The van der Waals surface area contributed by atoms with E-state index in [0.29, 0.717) is 6.42 Å². The molecule has 0 aromatic rings. The van der Waals surface area contributed by atoms with Crippen molar-refractivity contribution in [2.24, 2.45) is 0 Å². The fourth-order valence-electron chi connectivity index (χ4n) is 2.36. The Morgan fingerprint density at radius 3 is 1.67 bits per heavy atom. The van der Waals surface area contributed by atoms with Crippen LogP contribution in [0.1, 0.15) is 78.1 Å². The topological polar surface area (TPSA) is 158 Å². The van der Waals surface area contributed by atoms with Crippen molar-refractivity contribution in [1.29, 1.82) is 0 Å². The fraction of sp³-hybridized carbons (Fsp3) is 0.944. The van der Waals surface area contributed by atoms with Crippen molar-refractivity contribution in [2.75, 3.05) is 26.1 Å². The minimum atomic E-state index is -4.82. The van der Waals surface area contributed by atoms with Crippen molar-refractivity contribution in [3.63, 3.8) is 0 Å². The average molecular weight is 485 g/mol. The third-order valence-electron chi connectivity index (χ3n) is 4.55. The number of aliphatic hydroxyl groups is 2. The molecule has 9 nitrogen and oxygen atoms in total. The molecule has 0 heterocycles. The van der Waals surface area contributed by atoms with Crippen LogP contribution < -0.4 is 29.6 Å². The predicted molar refractivity (Wildman–Crippen MR) is 110 cm³/mol. The maximum atomic E-state index is 11.8. The van der Waals surface area contributed by atoms with Crippen LogP contribution in [0.2, 0.25) is 0 Å². The second kappa shape index (κ2) is 18.9. The first-order valence-corrected chi connectivity index (χ1v) is 12.9. The van der Waals surface area contributed by atoms with E-state index in [1.165, 1.54) is 32.1 Å². The molecule has 0 saturated carbocycles. The van der Waals surface area contributed by atoms with Crippen molar-refractivity contribution < 1.29 is 70.1 Å². The van der Waals surface area contributed by atoms with Gasteiger partial charge < -0.3 is 14.8 Å². The van der Waals surface area contributed by atoms with E-state index >= 15 is 0 Å². The summed E-state index contributed by atoms with van der Waals surface area (Å²) in [5.74, 6) is -1.01. The van der Waals surface area contributed by atoms with Crippen molar-refractivity contribution in [2.45, 2.75) is 82.8 Å². The van der Waals surface area contributed by atoms with E-state index in [0.717, 1.165) is 33.3 Å². The normalized spacial score (nSPS) is 13.5. The van der Waals surface area contributed by atoms with Gasteiger partial charge in [-0.3, -0.25) is 8.98 Å². The largest absolute Gasteiger partial charge is 1.00 e. The van der Waals surface area contributed by atoms with Crippen LogP contribution in [-0.4, -0.2) is 68.2 Å². The summed E-state index contributed by atoms with van der Waals surface area (Å²) in [6.45, 7) is 1.84. The molecule has 2 N–H and O–H groups in total. The van der Waals surface area contributed by atoms with E-state index in [2.05, 4.69) is 11.1 Å². The Hall–Kier alpha value is 0.410. The number of unbranched alkanes of at least 4 members (excludes halogenated alkanes) is 8. The molecule has 0 rings (SSSR count). The number of hydrogen-bond donors (Lipinski definition) is 2. The monoisotopic (exact) mass is 484 g/mol. The van der Waals surface area contributed by atoms with Gasteiger partial charge in [-0.25, -0.2) is 8.42 Å². The molecule has 0 amide bonds. The molecule has 176 valence electrons. The molecule has 0 aromatic heterocycles. The Balaban J connectivity index is -0.000000686. The molecule has 0 saturated heterocycles. The first kappa shape index (κ1) is 35.0. The van der Waals surface area contributed by atoms with Gasteiger partial charge in [0.25, 0.3) is 10.1 Å². The molecule has 0 bridgehead atoms. The van der Waals surface area contributed by atoms with Gasteiger partial charge in [-0.1, -0.05) is 58.3 Å². The predicted octanol–water partition coefficient (Wildman–Crippen LogP) is -1.27. The Labute approximate surface area is 204 Å². The van der Waals surface area contributed by atoms with Gasteiger partial charge in [0.15, 0.2) is 5.78 Å². The third kappa shape index (κ3) is 16.1. The minimum Gasteiger partial charge on any atom is -0.747 e. The van der Waals surface area contributed by atoms with Gasteiger partial charge in [-0.05, 0) is 13.3 Å². The summed E-state index contributed by atoms with van der Waals surface area (Å²) in [5, 5.41) is 17.1. The van der Waals surface area contributed by atoms with E-state index in [-0.39, 0.29) is 41.7 Å². The Kier molecular flexibility index (Phi) is 22.1. The van der Waals surface area contributed by atoms with E-state index in [1.54, 1.807) is 0 Å². The quantitative estimate of drug-likeness (QED) is 0.118. The first-order chi connectivity index (χ1) is 13.4. The van der Waals surface area contributed by atoms with E-state index in [1.807, 2.05) is 0 Å². The molecule has 0 radical (unpaired) electrons. The van der Waals surface area contributed by atoms with E-state index in [9.17, 15) is 26.2 Å². The maximum Gasteiger partial charge on any atom is 1.00 e. The summed E-state index contributed by atoms with van der Waals surface area (Å²) >= 11 is 0. The van der Waals surface area contributed by atoms with Gasteiger partial charge in [0, 0.05) is 6.42 Å². The zero-order valence-electron chi connectivity index (χ0n) is 18.8. The molecule has 12 heteroatoms. The van der Waals surface area contributed by atoms with Crippen molar-refractivity contribution in [3.05, 3.63) is 0 Å². The molecule has 0 aliphatic heterocycles. The number of rotatable bonds is 16. The molecule has 0 fully saturated rings. The van der Waals surface area contributed by atoms with Crippen LogP contribution in [0, 0.1) is 0 Å². The number of carbonyl (C=O) groups is 1. The van der Waals surface area contributed by atoms with Gasteiger partial charge >= 0.3 is 29.6 Å². The molecule has 0 aliphatic carbocycles. The number of Topliss-reactive ketones (excluding diaryl/α,β-unsaturated/α-hetero) is 1. The summed E-state index contributed by atoms with van der Waals surface area (Å²) < 4.78 is 55.4. The Morgan fingerprint density at radius 1 is 0.933 bits per heavy atom. The number of aliphatic hydroxyl groups excluding tert-OH is 2. The van der Waals surface area contributed by atoms with Crippen LogP contribution in [0.25, 0.3) is 0 Å². The summed E-state index contributed by atoms with van der Waals surface area (Å²) in [4.78, 5) is 11.8. The molecule has 0 aliphatic rings. The van der Waals surface area contributed by atoms with Crippen molar-refractivity contribution in [3.8, 4) is 0 Å². The van der Waals surface area contributed by atoms with Crippen LogP contribution in [0.4, 0.5) is 0 Å². The molecule has 1 unspecified atom stereocenters. The molecule has 1 atom stereocenters. The summed E-state index contributed by atoms with van der Waals surface area (Å²) in [7, 11) is -7.18. The van der Waals surface area contributed by atoms with Gasteiger partial charge in [0.05, 0.1) is 26.1 Å². The number of hydrogen-bond acceptors (Lipinski definition) is 9. The second-order valence-electron chi connectivity index (χ2n) is 7.00. The van der Waals surface area contributed by atoms with Gasteiger partial charge in [0.2, 0.25) is 0 Å². The summed E-state index contributed by atoms with van der Waals surface area (Å²) in [6, 6.07) is 0. The number of carbonyl (C=O) groups excluding carboxylic acids is 1.